The van der Waals surface area contributed by atoms with E-state index < -0.39 is 6.09 Å². The van der Waals surface area contributed by atoms with Gasteiger partial charge in [-0.05, 0) is 54.1 Å². The topological polar surface area (TPSA) is 117 Å². The van der Waals surface area contributed by atoms with Crippen molar-refractivity contribution in [2.45, 2.75) is 13.1 Å². The standard InChI is InChI=1S/C23H17FN6O2/c24-17-6-4-15(5-7-17)22-10-20(16(12-26-22)13-27-23(31)32)21-8-9-30(29-21)14-19-3-1-2-18(11-25)28-19/h1-10,12,27H,13-14H2,(H,31,32). The van der Waals surface area contributed by atoms with E-state index in [1.165, 1.54) is 12.1 Å². The summed E-state index contributed by atoms with van der Waals surface area (Å²) in [6.07, 6.45) is 2.22. The Hall–Kier alpha value is -4.58. The summed E-state index contributed by atoms with van der Waals surface area (Å²) in [5.41, 5.74) is 4.32. The maximum Gasteiger partial charge on any atom is 0.404 e. The first-order valence-electron chi connectivity index (χ1n) is 9.63. The van der Waals surface area contributed by atoms with Crippen LogP contribution in [-0.2, 0) is 13.1 Å². The van der Waals surface area contributed by atoms with Crippen LogP contribution < -0.4 is 5.32 Å². The van der Waals surface area contributed by atoms with Crippen molar-refractivity contribution in [1.82, 2.24) is 25.1 Å². The van der Waals surface area contributed by atoms with Crippen molar-refractivity contribution in [2.24, 2.45) is 0 Å². The number of benzene rings is 1. The van der Waals surface area contributed by atoms with Crippen LogP contribution in [0.2, 0.25) is 0 Å². The van der Waals surface area contributed by atoms with E-state index in [9.17, 15) is 9.18 Å². The Labute approximate surface area is 182 Å². The van der Waals surface area contributed by atoms with E-state index >= 15 is 0 Å². The van der Waals surface area contributed by atoms with Crippen molar-refractivity contribution in [1.29, 1.82) is 5.26 Å². The van der Waals surface area contributed by atoms with Gasteiger partial charge in [-0.25, -0.2) is 14.2 Å². The third-order valence-electron chi connectivity index (χ3n) is 4.72. The molecular weight excluding hydrogens is 411 g/mol. The number of amides is 1. The van der Waals surface area contributed by atoms with E-state index in [0.717, 1.165) is 5.56 Å². The lowest BCUT2D eigenvalue weighted by atomic mass is 10.0. The summed E-state index contributed by atoms with van der Waals surface area (Å²) >= 11 is 0. The minimum absolute atomic E-state index is 0.0556. The molecule has 3 aromatic heterocycles. The molecule has 8 nitrogen and oxygen atoms in total. The minimum Gasteiger partial charge on any atom is -0.465 e. The first-order chi connectivity index (χ1) is 15.5. The lowest BCUT2D eigenvalue weighted by molar-refractivity contribution is 0.194. The summed E-state index contributed by atoms with van der Waals surface area (Å²) in [4.78, 5) is 19.6. The van der Waals surface area contributed by atoms with Crippen LogP contribution in [0, 0.1) is 17.1 Å². The number of hydrogen-bond donors (Lipinski definition) is 2. The molecule has 0 aliphatic heterocycles. The van der Waals surface area contributed by atoms with E-state index in [1.807, 2.05) is 18.2 Å². The average Bonchev–Trinajstić information content (AvgIpc) is 3.26. The molecule has 4 rings (SSSR count). The second-order valence-electron chi connectivity index (χ2n) is 6.92. The molecule has 0 saturated heterocycles. The molecule has 3 heterocycles. The van der Waals surface area contributed by atoms with Gasteiger partial charge in [0.1, 0.15) is 17.6 Å². The van der Waals surface area contributed by atoms with Gasteiger partial charge >= 0.3 is 6.09 Å². The average molecular weight is 428 g/mol. The number of pyridine rings is 2. The number of nitriles is 1. The monoisotopic (exact) mass is 428 g/mol. The molecule has 0 unspecified atom stereocenters. The number of hydrogen-bond acceptors (Lipinski definition) is 5. The zero-order valence-corrected chi connectivity index (χ0v) is 16.7. The minimum atomic E-state index is -1.15. The quantitative estimate of drug-likeness (QED) is 0.482. The van der Waals surface area contributed by atoms with Crippen LogP contribution in [0.4, 0.5) is 9.18 Å². The summed E-state index contributed by atoms with van der Waals surface area (Å²) in [5.74, 6) is -0.343. The molecule has 0 fully saturated rings. The van der Waals surface area contributed by atoms with Gasteiger partial charge in [-0.2, -0.15) is 10.4 Å². The SMILES string of the molecule is N#Cc1cccc(Cn2ccc(-c3cc(-c4ccc(F)cc4)ncc3CNC(=O)O)n2)n1. The van der Waals surface area contributed by atoms with Crippen molar-refractivity contribution >= 4 is 6.09 Å². The molecular formula is C23H17FN6O2. The van der Waals surface area contributed by atoms with Crippen molar-refractivity contribution in [3.05, 3.63) is 89.8 Å². The summed E-state index contributed by atoms with van der Waals surface area (Å²) < 4.78 is 15.0. The van der Waals surface area contributed by atoms with E-state index in [-0.39, 0.29) is 12.4 Å². The van der Waals surface area contributed by atoms with E-state index in [2.05, 4.69) is 20.4 Å². The third kappa shape index (κ3) is 4.76. The fraction of sp³-hybridized carbons (Fsp3) is 0.0870. The molecule has 0 bridgehead atoms. The van der Waals surface area contributed by atoms with E-state index in [0.29, 0.717) is 40.4 Å². The van der Waals surface area contributed by atoms with Crippen LogP contribution in [0.15, 0.2) is 67.0 Å². The predicted octanol–water partition coefficient (Wildman–Crippen LogP) is 3.83. The van der Waals surface area contributed by atoms with Crippen LogP contribution >= 0.6 is 0 Å². The van der Waals surface area contributed by atoms with Gasteiger partial charge in [0, 0.05) is 30.1 Å². The Bertz CT molecular complexity index is 1310. The van der Waals surface area contributed by atoms with Gasteiger partial charge in [0.25, 0.3) is 0 Å². The first kappa shape index (κ1) is 20.7. The van der Waals surface area contributed by atoms with Crippen molar-refractivity contribution < 1.29 is 14.3 Å². The van der Waals surface area contributed by atoms with Crippen LogP contribution in [0.3, 0.4) is 0 Å². The summed E-state index contributed by atoms with van der Waals surface area (Å²) in [6, 6.07) is 16.8. The van der Waals surface area contributed by atoms with E-state index in [1.54, 1.807) is 47.4 Å². The van der Waals surface area contributed by atoms with Gasteiger partial charge in [-0.15, -0.1) is 0 Å². The maximum absolute atomic E-state index is 13.3. The molecule has 0 aliphatic carbocycles. The van der Waals surface area contributed by atoms with Gasteiger partial charge in [0.15, 0.2) is 0 Å². The Kier molecular flexibility index (Phi) is 5.85. The smallest absolute Gasteiger partial charge is 0.404 e. The Morgan fingerprint density at radius 1 is 1.16 bits per heavy atom. The van der Waals surface area contributed by atoms with Gasteiger partial charge in [0.2, 0.25) is 0 Å². The first-order valence-corrected chi connectivity index (χ1v) is 9.63. The van der Waals surface area contributed by atoms with Crippen molar-refractivity contribution in [3.8, 4) is 28.6 Å². The fourth-order valence-corrected chi connectivity index (χ4v) is 3.20. The lowest BCUT2D eigenvalue weighted by Crippen LogP contribution is -2.20. The molecule has 158 valence electrons. The second kappa shape index (κ2) is 9.06. The van der Waals surface area contributed by atoms with Gasteiger partial charge in [0.05, 0.1) is 23.6 Å². The van der Waals surface area contributed by atoms with Crippen LogP contribution in [-0.4, -0.2) is 30.9 Å². The normalized spacial score (nSPS) is 10.5. The molecule has 0 aliphatic rings. The third-order valence-corrected chi connectivity index (χ3v) is 4.72. The predicted molar refractivity (Wildman–Crippen MR) is 114 cm³/mol. The van der Waals surface area contributed by atoms with Gasteiger partial charge in [-0.3, -0.25) is 9.67 Å². The largest absolute Gasteiger partial charge is 0.465 e. The molecule has 0 atom stereocenters. The molecule has 2 N–H and O–H groups in total. The molecule has 0 saturated carbocycles. The van der Waals surface area contributed by atoms with Crippen LogP contribution in [0.25, 0.3) is 22.5 Å². The highest BCUT2D eigenvalue weighted by molar-refractivity contribution is 5.72. The number of aromatic nitrogens is 4. The molecule has 32 heavy (non-hydrogen) atoms. The number of rotatable bonds is 6. The summed E-state index contributed by atoms with van der Waals surface area (Å²) in [6.45, 7) is 0.425. The highest BCUT2D eigenvalue weighted by Crippen LogP contribution is 2.27. The molecule has 9 heteroatoms. The Balaban J connectivity index is 1.68. The second-order valence-corrected chi connectivity index (χ2v) is 6.92. The zero-order chi connectivity index (χ0) is 22.5. The number of nitrogens with zero attached hydrogens (tertiary/aromatic N) is 5. The fourth-order valence-electron chi connectivity index (χ4n) is 3.20. The molecule has 0 spiro atoms. The summed E-state index contributed by atoms with van der Waals surface area (Å²) in [7, 11) is 0. The number of halogens is 1. The number of carboxylic acid groups (broad SMARTS) is 1. The van der Waals surface area contributed by atoms with Crippen LogP contribution in [0.1, 0.15) is 17.0 Å². The van der Waals surface area contributed by atoms with Gasteiger partial charge in [-0.1, -0.05) is 6.07 Å². The molecule has 1 aromatic carbocycles. The van der Waals surface area contributed by atoms with Gasteiger partial charge < -0.3 is 10.4 Å². The van der Waals surface area contributed by atoms with Crippen LogP contribution in [0.5, 0.6) is 0 Å². The zero-order valence-electron chi connectivity index (χ0n) is 16.7. The Morgan fingerprint density at radius 3 is 2.72 bits per heavy atom. The van der Waals surface area contributed by atoms with Crippen molar-refractivity contribution in [2.75, 3.05) is 0 Å². The molecule has 4 aromatic rings. The maximum atomic E-state index is 13.3. The van der Waals surface area contributed by atoms with Crippen molar-refractivity contribution in [3.63, 3.8) is 0 Å². The Morgan fingerprint density at radius 2 is 1.97 bits per heavy atom. The highest BCUT2D eigenvalue weighted by Gasteiger charge is 2.13. The molecule has 0 radical (unpaired) electrons. The highest BCUT2D eigenvalue weighted by atomic mass is 19.1. The summed E-state index contributed by atoms with van der Waals surface area (Å²) in [5, 5.41) is 25.0. The number of carbonyl (C=O) groups is 1. The molecule has 1 amide bonds. The van der Waals surface area contributed by atoms with E-state index in [4.69, 9.17) is 10.4 Å². The lowest BCUT2D eigenvalue weighted by Gasteiger charge is -2.10. The number of nitrogens with one attached hydrogen (secondary N) is 1.